The fourth-order valence-electron chi connectivity index (χ4n) is 9.08. The largest absolute Gasteiger partial charge is 0.457 e. The second-order valence-electron chi connectivity index (χ2n) is 16.8. The fraction of sp³-hybridized carbons (Fsp3) is 0.130. The first-order valence-electron chi connectivity index (χ1n) is 20.8. The van der Waals surface area contributed by atoms with Gasteiger partial charge in [-0.2, -0.15) is 0 Å². The highest BCUT2D eigenvalue weighted by molar-refractivity contribution is 6.09. The Balaban J connectivity index is 0.918. The van der Waals surface area contributed by atoms with Crippen molar-refractivity contribution in [1.29, 1.82) is 0 Å². The van der Waals surface area contributed by atoms with Crippen molar-refractivity contribution in [2.75, 3.05) is 23.0 Å². The summed E-state index contributed by atoms with van der Waals surface area (Å²) in [5.41, 5.74) is 13.0. The number of hydrogen-bond acceptors (Lipinski definition) is 5. The van der Waals surface area contributed by atoms with Crippen LogP contribution < -0.4 is 19.3 Å². The highest BCUT2D eigenvalue weighted by atomic mass is 16.5. The Labute approximate surface area is 350 Å². The van der Waals surface area contributed by atoms with E-state index in [-0.39, 0.29) is 5.41 Å². The molecule has 2 aromatic heterocycles. The van der Waals surface area contributed by atoms with Crippen LogP contribution in [0.3, 0.4) is 0 Å². The minimum Gasteiger partial charge on any atom is -0.457 e. The molecule has 6 nitrogen and oxygen atoms in total. The van der Waals surface area contributed by atoms with Crippen molar-refractivity contribution >= 4 is 38.9 Å². The van der Waals surface area contributed by atoms with Gasteiger partial charge in [0.2, 0.25) is 0 Å². The van der Waals surface area contributed by atoms with Gasteiger partial charge in [0.15, 0.2) is 11.5 Å². The van der Waals surface area contributed by atoms with Crippen molar-refractivity contribution in [1.82, 2.24) is 9.55 Å². The van der Waals surface area contributed by atoms with Gasteiger partial charge in [0.25, 0.3) is 0 Å². The Hall–Kier alpha value is -7.31. The van der Waals surface area contributed by atoms with Crippen LogP contribution >= 0.6 is 0 Å². The summed E-state index contributed by atoms with van der Waals surface area (Å²) in [4.78, 5) is 9.73. The first-order valence-corrected chi connectivity index (χ1v) is 20.8. The monoisotopic (exact) mass is 780 g/mol. The van der Waals surface area contributed by atoms with Crippen LogP contribution in [0.1, 0.15) is 31.9 Å². The SMILES string of the molecule is CC(C)(C)c1ccnc(-n2c3ccccc3c3ccc(Oc4ccc5c(c4)N4CN(CCc6c(-c7ccccc7)cccc6-c6ccccc6)c6cccc(c64)O5)cc32)c1. The smallest absolute Gasteiger partial charge is 0.153 e. The molecule has 11 rings (SSSR count). The number of para-hydroxylation sites is 2. The van der Waals surface area contributed by atoms with E-state index in [0.717, 1.165) is 69.6 Å². The highest BCUT2D eigenvalue weighted by Gasteiger charge is 2.35. The normalized spacial score (nSPS) is 13.1. The van der Waals surface area contributed by atoms with Gasteiger partial charge in [0.1, 0.15) is 23.0 Å². The zero-order valence-corrected chi connectivity index (χ0v) is 34.0. The fourth-order valence-corrected chi connectivity index (χ4v) is 9.08. The molecule has 0 N–H and O–H groups in total. The third-order valence-corrected chi connectivity index (χ3v) is 12.0. The van der Waals surface area contributed by atoms with Crippen molar-refractivity contribution in [3.8, 4) is 51.1 Å². The molecule has 6 heteroatoms. The summed E-state index contributed by atoms with van der Waals surface area (Å²) < 4.78 is 15.6. The predicted molar refractivity (Wildman–Crippen MR) is 246 cm³/mol. The van der Waals surface area contributed by atoms with Crippen LogP contribution in [0.25, 0.3) is 49.9 Å². The molecule has 0 radical (unpaired) electrons. The quantitative estimate of drug-likeness (QED) is 0.154. The zero-order valence-electron chi connectivity index (χ0n) is 34.0. The molecule has 0 fully saturated rings. The average Bonchev–Trinajstić information content (AvgIpc) is 3.82. The van der Waals surface area contributed by atoms with Gasteiger partial charge >= 0.3 is 0 Å². The molecule has 9 aromatic rings. The molecule has 0 bridgehead atoms. The minimum absolute atomic E-state index is 0.00573. The van der Waals surface area contributed by atoms with Gasteiger partial charge < -0.3 is 19.3 Å². The Morgan fingerprint density at radius 3 is 2.05 bits per heavy atom. The van der Waals surface area contributed by atoms with Gasteiger partial charge in [0, 0.05) is 35.6 Å². The number of fused-ring (bicyclic) bond motifs is 5. The van der Waals surface area contributed by atoms with Crippen molar-refractivity contribution < 1.29 is 9.47 Å². The second-order valence-corrected chi connectivity index (χ2v) is 16.8. The Morgan fingerprint density at radius 1 is 0.600 bits per heavy atom. The van der Waals surface area contributed by atoms with E-state index in [0.29, 0.717) is 6.67 Å². The molecule has 4 heterocycles. The van der Waals surface area contributed by atoms with Gasteiger partial charge in [-0.25, -0.2) is 4.98 Å². The van der Waals surface area contributed by atoms with Crippen LogP contribution in [0.5, 0.6) is 23.0 Å². The number of anilines is 3. The van der Waals surface area contributed by atoms with Crippen LogP contribution in [-0.4, -0.2) is 22.8 Å². The average molecular weight is 781 g/mol. The van der Waals surface area contributed by atoms with E-state index in [1.807, 2.05) is 18.3 Å². The summed E-state index contributed by atoms with van der Waals surface area (Å²) in [5.74, 6) is 4.08. The molecule has 0 aliphatic carbocycles. The molecule has 0 atom stereocenters. The van der Waals surface area contributed by atoms with Crippen molar-refractivity contribution in [3.05, 3.63) is 187 Å². The Bertz CT molecular complexity index is 3020. The van der Waals surface area contributed by atoms with Crippen molar-refractivity contribution in [3.63, 3.8) is 0 Å². The maximum atomic E-state index is 6.73. The van der Waals surface area contributed by atoms with Crippen molar-refractivity contribution in [2.24, 2.45) is 0 Å². The van der Waals surface area contributed by atoms with E-state index in [2.05, 4.69) is 193 Å². The molecule has 2 aliphatic rings. The number of rotatable bonds is 8. The van der Waals surface area contributed by atoms with E-state index in [9.17, 15) is 0 Å². The van der Waals surface area contributed by atoms with Crippen LogP contribution in [0, 0.1) is 0 Å². The molecule has 7 aromatic carbocycles. The van der Waals surface area contributed by atoms with E-state index < -0.39 is 0 Å². The van der Waals surface area contributed by atoms with Crippen LogP contribution in [-0.2, 0) is 11.8 Å². The molecular weight excluding hydrogens is 737 g/mol. The predicted octanol–water partition coefficient (Wildman–Crippen LogP) is 13.9. The van der Waals surface area contributed by atoms with Gasteiger partial charge in [0.05, 0.1) is 29.1 Å². The molecule has 2 aliphatic heterocycles. The van der Waals surface area contributed by atoms with Crippen molar-refractivity contribution in [2.45, 2.75) is 32.6 Å². The lowest BCUT2D eigenvalue weighted by atomic mass is 9.88. The van der Waals surface area contributed by atoms with Gasteiger partial charge in [-0.05, 0) is 99.8 Å². The first kappa shape index (κ1) is 35.8. The van der Waals surface area contributed by atoms with E-state index in [1.165, 1.54) is 44.5 Å². The lowest BCUT2D eigenvalue weighted by Gasteiger charge is -2.29. The molecule has 0 saturated carbocycles. The standard InChI is InChI=1S/C54H44N4O2/c1-54(2,3)38-28-30-55-52(32-38)58-46-21-11-10-18-44(46)45-26-24-39(33-48(45)58)59-40-25-27-50-49(34-40)57-35-56(47-22-13-23-51(60-50)53(47)57)31-29-43-41(36-14-6-4-7-15-36)19-12-20-42(43)37-16-8-5-9-17-37/h4-28,30,32-34H,29,31,35H2,1-3H3. The molecule has 0 saturated heterocycles. The maximum absolute atomic E-state index is 6.73. The number of nitrogens with zero attached hydrogens (tertiary/aromatic N) is 4. The maximum Gasteiger partial charge on any atom is 0.153 e. The topological polar surface area (TPSA) is 42.8 Å². The summed E-state index contributed by atoms with van der Waals surface area (Å²) >= 11 is 0. The lowest BCUT2D eigenvalue weighted by molar-refractivity contribution is 0.465. The summed E-state index contributed by atoms with van der Waals surface area (Å²) in [5, 5.41) is 2.34. The van der Waals surface area contributed by atoms with Crippen LogP contribution in [0.4, 0.5) is 17.1 Å². The third kappa shape index (κ3) is 6.15. The minimum atomic E-state index is -0.00573. The lowest BCUT2D eigenvalue weighted by Crippen LogP contribution is -2.30. The number of benzene rings is 7. The van der Waals surface area contributed by atoms with E-state index >= 15 is 0 Å². The molecule has 0 amide bonds. The van der Waals surface area contributed by atoms with E-state index in [4.69, 9.17) is 14.5 Å². The van der Waals surface area contributed by atoms with Crippen LogP contribution in [0.15, 0.2) is 176 Å². The van der Waals surface area contributed by atoms with E-state index in [1.54, 1.807) is 0 Å². The second kappa shape index (κ2) is 14.2. The molecule has 0 unspecified atom stereocenters. The summed E-state index contributed by atoms with van der Waals surface area (Å²) in [6, 6.07) is 60.0. The Kier molecular flexibility index (Phi) is 8.48. The first-order chi connectivity index (χ1) is 29.4. The number of ether oxygens (including phenoxy) is 2. The Morgan fingerprint density at radius 2 is 1.28 bits per heavy atom. The number of aromatic nitrogens is 2. The van der Waals surface area contributed by atoms with Gasteiger partial charge in [-0.3, -0.25) is 4.57 Å². The van der Waals surface area contributed by atoms with Gasteiger partial charge in [-0.15, -0.1) is 0 Å². The third-order valence-electron chi connectivity index (χ3n) is 12.0. The number of hydrogen-bond donors (Lipinski definition) is 0. The summed E-state index contributed by atoms with van der Waals surface area (Å²) in [7, 11) is 0. The zero-order chi connectivity index (χ0) is 40.4. The number of pyridine rings is 1. The van der Waals surface area contributed by atoms with Crippen LogP contribution in [0.2, 0.25) is 0 Å². The van der Waals surface area contributed by atoms with Gasteiger partial charge in [-0.1, -0.05) is 124 Å². The summed E-state index contributed by atoms with van der Waals surface area (Å²) in [6.45, 7) is 8.25. The highest BCUT2D eigenvalue weighted by Crippen LogP contribution is 2.55. The molecular formula is C54H44N4O2. The summed E-state index contributed by atoms with van der Waals surface area (Å²) in [6.07, 6.45) is 2.79. The molecule has 292 valence electrons. The molecule has 0 spiro atoms. The molecule has 60 heavy (non-hydrogen) atoms.